The van der Waals surface area contributed by atoms with Gasteiger partial charge in [0.1, 0.15) is 6.61 Å². The van der Waals surface area contributed by atoms with E-state index < -0.39 is 18.2 Å². The fourth-order valence-electron chi connectivity index (χ4n) is 0.766. The highest BCUT2D eigenvalue weighted by Gasteiger charge is 2.09. The lowest BCUT2D eigenvalue weighted by Gasteiger charge is -2.12. The zero-order chi connectivity index (χ0) is 16.8. The summed E-state index contributed by atoms with van der Waals surface area (Å²) in [4.78, 5) is 21.3. The molecule has 7 heteroatoms. The minimum Gasteiger partial charge on any atom is -0.460 e. The fraction of sp³-hybridized carbons (Fsp3) is 0.571. The zero-order valence-electron chi connectivity index (χ0n) is 12.8. The highest BCUT2D eigenvalue weighted by Crippen LogP contribution is 1.98. The Kier molecular flexibility index (Phi) is 13.7. The Morgan fingerprint density at radius 1 is 1.00 bits per heavy atom. The van der Waals surface area contributed by atoms with Gasteiger partial charge >= 0.3 is 11.9 Å². The van der Waals surface area contributed by atoms with Gasteiger partial charge < -0.3 is 24.4 Å². The first kappa shape index (κ1) is 21.6. The van der Waals surface area contributed by atoms with Gasteiger partial charge in [0, 0.05) is 11.1 Å². The van der Waals surface area contributed by atoms with E-state index in [1.807, 2.05) is 0 Å². The van der Waals surface area contributed by atoms with Crippen LogP contribution in [0.3, 0.4) is 0 Å². The molecule has 0 radical (unpaired) electrons. The van der Waals surface area contributed by atoms with Crippen molar-refractivity contribution in [3.05, 3.63) is 24.3 Å². The van der Waals surface area contributed by atoms with Crippen LogP contribution in [-0.2, 0) is 23.8 Å². The molecule has 0 amide bonds. The number of hydrogen-bond acceptors (Lipinski definition) is 7. The first-order valence-corrected chi connectivity index (χ1v) is 6.28. The normalized spacial score (nSPS) is 10.7. The Labute approximate surface area is 124 Å². The molecule has 1 atom stereocenters. The predicted molar refractivity (Wildman–Crippen MR) is 76.3 cm³/mol. The van der Waals surface area contributed by atoms with E-state index in [0.717, 1.165) is 0 Å². The van der Waals surface area contributed by atoms with E-state index in [1.54, 1.807) is 20.8 Å². The molecular formula is C14H24O7. The van der Waals surface area contributed by atoms with Gasteiger partial charge in [-0.1, -0.05) is 13.2 Å². The molecule has 21 heavy (non-hydrogen) atoms. The molecule has 0 saturated heterocycles. The number of aliphatic hydroxyl groups is 2. The molecule has 0 aliphatic heterocycles. The van der Waals surface area contributed by atoms with Gasteiger partial charge in [0.15, 0.2) is 0 Å². The summed E-state index contributed by atoms with van der Waals surface area (Å²) < 4.78 is 14.1. The summed E-state index contributed by atoms with van der Waals surface area (Å²) in [5.74, 6) is -0.940. The fourth-order valence-corrected chi connectivity index (χ4v) is 0.766. The molecule has 2 N–H and O–H groups in total. The van der Waals surface area contributed by atoms with Crippen molar-refractivity contribution in [3.8, 4) is 0 Å². The van der Waals surface area contributed by atoms with Crippen LogP contribution in [0, 0.1) is 0 Å². The summed E-state index contributed by atoms with van der Waals surface area (Å²) in [5.41, 5.74) is 0.679. The van der Waals surface area contributed by atoms with Gasteiger partial charge in [-0.3, -0.25) is 0 Å². The second-order valence-corrected chi connectivity index (χ2v) is 3.99. The van der Waals surface area contributed by atoms with Crippen LogP contribution in [-0.4, -0.2) is 54.9 Å². The minimum atomic E-state index is -0.638. The van der Waals surface area contributed by atoms with Crippen molar-refractivity contribution >= 4 is 11.9 Å². The van der Waals surface area contributed by atoms with Crippen LogP contribution in [0.4, 0.5) is 0 Å². The number of carbonyl (C=O) groups is 2. The standard InChI is InChI=1S/C8H14O4.C6H10O3/c1-6(2)8(10)12-7(3)11-5-4-9;1-5(2)6(8)9-4-3-7/h7,9H,1,4-5H2,2-3H3;7H,1,3-4H2,2H3. The number of ether oxygens (including phenoxy) is 3. The van der Waals surface area contributed by atoms with Gasteiger partial charge in [0.05, 0.1) is 19.8 Å². The Morgan fingerprint density at radius 2 is 1.48 bits per heavy atom. The molecule has 0 aromatic rings. The third kappa shape index (κ3) is 14.5. The van der Waals surface area contributed by atoms with E-state index in [0.29, 0.717) is 11.1 Å². The molecule has 122 valence electrons. The summed E-state index contributed by atoms with van der Waals surface area (Å²) in [6.45, 7) is 11.4. The van der Waals surface area contributed by atoms with Gasteiger partial charge in [-0.2, -0.15) is 0 Å². The maximum atomic E-state index is 10.9. The van der Waals surface area contributed by atoms with Crippen LogP contribution in [0.1, 0.15) is 20.8 Å². The first-order valence-electron chi connectivity index (χ1n) is 6.28. The molecule has 0 spiro atoms. The third-order valence-corrected chi connectivity index (χ3v) is 1.74. The molecule has 0 aliphatic rings. The second kappa shape index (κ2) is 13.3. The summed E-state index contributed by atoms with van der Waals surface area (Å²) in [6, 6.07) is 0. The summed E-state index contributed by atoms with van der Waals surface area (Å²) >= 11 is 0. The number of hydrogen-bond donors (Lipinski definition) is 2. The van der Waals surface area contributed by atoms with Gasteiger partial charge in [-0.15, -0.1) is 0 Å². The average molecular weight is 304 g/mol. The van der Waals surface area contributed by atoms with E-state index in [9.17, 15) is 9.59 Å². The number of esters is 2. The number of carbonyl (C=O) groups excluding carboxylic acids is 2. The lowest BCUT2D eigenvalue weighted by atomic mass is 10.4. The molecular weight excluding hydrogens is 280 g/mol. The third-order valence-electron chi connectivity index (χ3n) is 1.74. The van der Waals surface area contributed by atoms with Crippen LogP contribution < -0.4 is 0 Å². The average Bonchev–Trinajstić information content (AvgIpc) is 2.42. The molecule has 0 fully saturated rings. The maximum absolute atomic E-state index is 10.9. The SMILES string of the molecule is C=C(C)C(=O)OC(C)OCCO.C=C(C)C(=O)OCCO. The quantitative estimate of drug-likeness (QED) is 0.384. The van der Waals surface area contributed by atoms with Crippen molar-refractivity contribution < 1.29 is 34.0 Å². The summed E-state index contributed by atoms with van der Waals surface area (Å²) in [5, 5.41) is 16.6. The molecule has 0 saturated carbocycles. The van der Waals surface area contributed by atoms with Gasteiger partial charge in [0.25, 0.3) is 0 Å². The molecule has 0 bridgehead atoms. The van der Waals surface area contributed by atoms with Crippen LogP contribution >= 0.6 is 0 Å². The maximum Gasteiger partial charge on any atom is 0.335 e. The molecule has 0 aromatic heterocycles. The van der Waals surface area contributed by atoms with E-state index in [4.69, 9.17) is 19.7 Å². The topological polar surface area (TPSA) is 102 Å². The molecule has 1 unspecified atom stereocenters. The highest BCUT2D eigenvalue weighted by atomic mass is 16.7. The van der Waals surface area contributed by atoms with Crippen LogP contribution in [0.5, 0.6) is 0 Å². The van der Waals surface area contributed by atoms with E-state index >= 15 is 0 Å². The van der Waals surface area contributed by atoms with Crippen LogP contribution in [0.2, 0.25) is 0 Å². The van der Waals surface area contributed by atoms with E-state index in [1.165, 1.54) is 0 Å². The highest BCUT2D eigenvalue weighted by molar-refractivity contribution is 5.87. The van der Waals surface area contributed by atoms with Crippen molar-refractivity contribution in [1.82, 2.24) is 0 Å². The zero-order valence-corrected chi connectivity index (χ0v) is 12.8. The van der Waals surface area contributed by atoms with Crippen molar-refractivity contribution in [3.63, 3.8) is 0 Å². The lowest BCUT2D eigenvalue weighted by Crippen LogP contribution is -2.19. The van der Waals surface area contributed by atoms with Crippen molar-refractivity contribution in [2.75, 3.05) is 26.4 Å². The predicted octanol–water partition coefficient (Wildman–Crippen LogP) is 0.559. The Hall–Kier alpha value is -1.70. The molecule has 0 heterocycles. The van der Waals surface area contributed by atoms with Crippen molar-refractivity contribution in [2.45, 2.75) is 27.1 Å². The largest absolute Gasteiger partial charge is 0.460 e. The molecule has 0 rings (SSSR count). The molecule has 0 aliphatic carbocycles. The molecule has 0 aromatic carbocycles. The van der Waals surface area contributed by atoms with Gasteiger partial charge in [0.2, 0.25) is 6.29 Å². The Morgan fingerprint density at radius 3 is 1.86 bits per heavy atom. The Bertz CT molecular complexity index is 349. The van der Waals surface area contributed by atoms with Gasteiger partial charge in [-0.05, 0) is 20.8 Å². The monoisotopic (exact) mass is 304 g/mol. The van der Waals surface area contributed by atoms with Gasteiger partial charge in [-0.25, -0.2) is 9.59 Å². The minimum absolute atomic E-state index is 0.0473. The Balaban J connectivity index is 0. The van der Waals surface area contributed by atoms with Crippen LogP contribution in [0.25, 0.3) is 0 Å². The molecule has 7 nitrogen and oxygen atoms in total. The lowest BCUT2D eigenvalue weighted by molar-refractivity contribution is -0.171. The van der Waals surface area contributed by atoms with Crippen molar-refractivity contribution in [2.24, 2.45) is 0 Å². The van der Waals surface area contributed by atoms with E-state index in [-0.39, 0.29) is 26.4 Å². The number of aliphatic hydroxyl groups excluding tert-OH is 2. The second-order valence-electron chi connectivity index (χ2n) is 3.99. The first-order chi connectivity index (χ1) is 9.76. The van der Waals surface area contributed by atoms with Crippen LogP contribution in [0.15, 0.2) is 24.3 Å². The summed E-state index contributed by atoms with van der Waals surface area (Å²) in [7, 11) is 0. The smallest absolute Gasteiger partial charge is 0.335 e. The summed E-state index contributed by atoms with van der Waals surface area (Å²) in [6.07, 6.45) is -0.638. The van der Waals surface area contributed by atoms with Crippen molar-refractivity contribution in [1.29, 1.82) is 0 Å². The van der Waals surface area contributed by atoms with E-state index in [2.05, 4.69) is 17.9 Å². The number of rotatable bonds is 8.